The van der Waals surface area contributed by atoms with Crippen LogP contribution in [0, 0.1) is 0 Å². The van der Waals surface area contributed by atoms with Crippen LogP contribution in [0.3, 0.4) is 0 Å². The number of anilines is 1. The lowest BCUT2D eigenvalue weighted by molar-refractivity contribution is -0.123. The molecule has 126 valence electrons. The van der Waals surface area contributed by atoms with Gasteiger partial charge in [-0.2, -0.15) is 0 Å². The van der Waals surface area contributed by atoms with Crippen LogP contribution in [0.15, 0.2) is 42.5 Å². The van der Waals surface area contributed by atoms with Crippen molar-refractivity contribution < 1.29 is 19.1 Å². The minimum Gasteiger partial charge on any atom is -0.496 e. The fraction of sp³-hybridized carbons (Fsp3) is 0.176. The Kier molecular flexibility index (Phi) is 6.06. The molecule has 2 aromatic carbocycles. The molecule has 0 aliphatic carbocycles. The maximum Gasteiger partial charge on any atom is 0.342 e. The summed E-state index contributed by atoms with van der Waals surface area (Å²) in [6.07, 6.45) is -1.00. The SMILES string of the molecule is COc1ccc(Cl)cc1C(=O)O[C@H](C)C(=O)Nc1ccc(Cl)cc1. The Balaban J connectivity index is 2.04. The van der Waals surface area contributed by atoms with Crippen molar-refractivity contribution in [1.82, 2.24) is 0 Å². The number of hydrogen-bond donors (Lipinski definition) is 1. The first-order valence-electron chi connectivity index (χ1n) is 7.01. The lowest BCUT2D eigenvalue weighted by Crippen LogP contribution is -2.30. The average molecular weight is 368 g/mol. The van der Waals surface area contributed by atoms with Crippen LogP contribution in [-0.2, 0) is 9.53 Å². The molecule has 0 saturated carbocycles. The van der Waals surface area contributed by atoms with Gasteiger partial charge in [-0.25, -0.2) is 4.79 Å². The average Bonchev–Trinajstić information content (AvgIpc) is 2.56. The molecule has 0 aromatic heterocycles. The summed E-state index contributed by atoms with van der Waals surface area (Å²) in [6.45, 7) is 1.47. The molecule has 7 heteroatoms. The molecule has 0 spiro atoms. The van der Waals surface area contributed by atoms with Crippen LogP contribution < -0.4 is 10.1 Å². The third-order valence-electron chi connectivity index (χ3n) is 3.15. The number of amides is 1. The van der Waals surface area contributed by atoms with E-state index < -0.39 is 18.0 Å². The minimum absolute atomic E-state index is 0.149. The molecular formula is C17H15Cl2NO4. The monoisotopic (exact) mass is 367 g/mol. The van der Waals surface area contributed by atoms with Crippen molar-refractivity contribution in [3.63, 3.8) is 0 Å². The van der Waals surface area contributed by atoms with Gasteiger partial charge in [-0.1, -0.05) is 23.2 Å². The second kappa shape index (κ2) is 8.04. The highest BCUT2D eigenvalue weighted by atomic mass is 35.5. The first-order valence-corrected chi connectivity index (χ1v) is 7.77. The summed E-state index contributed by atoms with van der Waals surface area (Å²) in [6, 6.07) is 11.1. The standard InChI is InChI=1S/C17H15Cl2NO4/c1-10(16(21)20-13-6-3-11(18)4-7-13)24-17(22)14-9-12(19)5-8-15(14)23-2/h3-10H,1-2H3,(H,20,21)/t10-/m1/s1. The molecule has 0 heterocycles. The summed E-state index contributed by atoms with van der Waals surface area (Å²) in [5.41, 5.74) is 0.698. The Morgan fingerprint density at radius 3 is 2.29 bits per heavy atom. The molecule has 0 radical (unpaired) electrons. The molecule has 0 saturated heterocycles. The number of benzene rings is 2. The number of carbonyl (C=O) groups excluding carboxylic acids is 2. The number of carbonyl (C=O) groups is 2. The van der Waals surface area contributed by atoms with E-state index in [9.17, 15) is 9.59 Å². The molecule has 1 N–H and O–H groups in total. The van der Waals surface area contributed by atoms with E-state index in [2.05, 4.69) is 5.32 Å². The van der Waals surface area contributed by atoms with E-state index in [1.54, 1.807) is 36.4 Å². The molecule has 2 rings (SSSR count). The van der Waals surface area contributed by atoms with Crippen molar-refractivity contribution in [2.24, 2.45) is 0 Å². The van der Waals surface area contributed by atoms with Crippen molar-refractivity contribution in [2.75, 3.05) is 12.4 Å². The number of methoxy groups -OCH3 is 1. The molecule has 5 nitrogen and oxygen atoms in total. The highest BCUT2D eigenvalue weighted by Crippen LogP contribution is 2.24. The van der Waals surface area contributed by atoms with E-state index in [4.69, 9.17) is 32.7 Å². The molecular weight excluding hydrogens is 353 g/mol. The van der Waals surface area contributed by atoms with Crippen LogP contribution in [0.4, 0.5) is 5.69 Å². The largest absolute Gasteiger partial charge is 0.496 e. The molecule has 0 aliphatic rings. The summed E-state index contributed by atoms with van der Waals surface area (Å²) in [4.78, 5) is 24.3. The zero-order valence-electron chi connectivity index (χ0n) is 13.0. The van der Waals surface area contributed by atoms with Gasteiger partial charge >= 0.3 is 5.97 Å². The Morgan fingerprint density at radius 1 is 1.04 bits per heavy atom. The highest BCUT2D eigenvalue weighted by molar-refractivity contribution is 6.31. The van der Waals surface area contributed by atoms with Gasteiger partial charge in [-0.05, 0) is 49.4 Å². The van der Waals surface area contributed by atoms with Gasteiger partial charge in [0.25, 0.3) is 5.91 Å². The lowest BCUT2D eigenvalue weighted by Gasteiger charge is -2.15. The number of esters is 1. The summed E-state index contributed by atoms with van der Waals surface area (Å²) < 4.78 is 10.3. The molecule has 0 aliphatic heterocycles. The first-order chi connectivity index (χ1) is 11.4. The number of halogens is 2. The van der Waals surface area contributed by atoms with E-state index in [0.29, 0.717) is 21.5 Å². The van der Waals surface area contributed by atoms with Crippen molar-refractivity contribution in [2.45, 2.75) is 13.0 Å². The van der Waals surface area contributed by atoms with Gasteiger partial charge in [0.15, 0.2) is 6.10 Å². The van der Waals surface area contributed by atoms with E-state index in [0.717, 1.165) is 0 Å². The fourth-order valence-corrected chi connectivity index (χ4v) is 2.19. The quantitative estimate of drug-likeness (QED) is 0.804. The zero-order valence-corrected chi connectivity index (χ0v) is 14.5. The number of hydrogen-bond acceptors (Lipinski definition) is 4. The molecule has 2 aromatic rings. The van der Waals surface area contributed by atoms with Gasteiger partial charge in [-0.3, -0.25) is 4.79 Å². The second-order valence-electron chi connectivity index (χ2n) is 4.89. The Labute approximate surface area is 149 Å². The number of rotatable bonds is 5. The van der Waals surface area contributed by atoms with Crippen molar-refractivity contribution in [3.05, 3.63) is 58.1 Å². The summed E-state index contributed by atoms with van der Waals surface area (Å²) in [5.74, 6) is -0.852. The third kappa shape index (κ3) is 4.63. The topological polar surface area (TPSA) is 64.6 Å². The van der Waals surface area contributed by atoms with E-state index in [-0.39, 0.29) is 5.56 Å². The Bertz CT molecular complexity index is 747. The Hall–Kier alpha value is -2.24. The van der Waals surface area contributed by atoms with Crippen molar-refractivity contribution >= 4 is 40.8 Å². The number of nitrogens with one attached hydrogen (secondary N) is 1. The van der Waals surface area contributed by atoms with Gasteiger partial charge in [0.05, 0.1) is 7.11 Å². The van der Waals surface area contributed by atoms with E-state index in [1.807, 2.05) is 0 Å². The van der Waals surface area contributed by atoms with Crippen LogP contribution >= 0.6 is 23.2 Å². The van der Waals surface area contributed by atoms with Crippen LogP contribution in [0.25, 0.3) is 0 Å². The van der Waals surface area contributed by atoms with Crippen LogP contribution in [0.5, 0.6) is 5.75 Å². The van der Waals surface area contributed by atoms with Crippen LogP contribution in [-0.4, -0.2) is 25.1 Å². The normalized spacial score (nSPS) is 11.5. The molecule has 24 heavy (non-hydrogen) atoms. The summed E-state index contributed by atoms with van der Waals surface area (Å²) >= 11 is 11.7. The maximum atomic E-state index is 12.2. The van der Waals surface area contributed by atoms with E-state index in [1.165, 1.54) is 20.1 Å². The molecule has 0 fully saturated rings. The van der Waals surface area contributed by atoms with Gasteiger partial charge in [-0.15, -0.1) is 0 Å². The lowest BCUT2D eigenvalue weighted by atomic mass is 10.2. The van der Waals surface area contributed by atoms with Gasteiger partial charge in [0.1, 0.15) is 11.3 Å². The van der Waals surface area contributed by atoms with Crippen LogP contribution in [0.2, 0.25) is 10.0 Å². The molecule has 0 bridgehead atoms. The predicted octanol–water partition coefficient (Wildman–Crippen LogP) is 4.19. The molecule has 0 unspecified atom stereocenters. The maximum absolute atomic E-state index is 12.2. The van der Waals surface area contributed by atoms with Gasteiger partial charge in [0.2, 0.25) is 0 Å². The summed E-state index contributed by atoms with van der Waals surface area (Å²) in [7, 11) is 1.43. The molecule has 1 amide bonds. The first kappa shape index (κ1) is 18.1. The van der Waals surface area contributed by atoms with Crippen molar-refractivity contribution in [3.8, 4) is 5.75 Å². The zero-order chi connectivity index (χ0) is 17.7. The van der Waals surface area contributed by atoms with Gasteiger partial charge < -0.3 is 14.8 Å². The minimum atomic E-state index is -1.00. The second-order valence-corrected chi connectivity index (χ2v) is 5.76. The smallest absolute Gasteiger partial charge is 0.342 e. The van der Waals surface area contributed by atoms with E-state index >= 15 is 0 Å². The predicted molar refractivity (Wildman–Crippen MR) is 93.0 cm³/mol. The Morgan fingerprint density at radius 2 is 1.67 bits per heavy atom. The van der Waals surface area contributed by atoms with Gasteiger partial charge in [0, 0.05) is 15.7 Å². The third-order valence-corrected chi connectivity index (χ3v) is 3.63. The summed E-state index contributed by atoms with van der Waals surface area (Å²) in [5, 5.41) is 3.55. The number of ether oxygens (including phenoxy) is 2. The van der Waals surface area contributed by atoms with Crippen LogP contribution in [0.1, 0.15) is 17.3 Å². The fourth-order valence-electron chi connectivity index (χ4n) is 1.89. The van der Waals surface area contributed by atoms with Crippen molar-refractivity contribution in [1.29, 1.82) is 0 Å². The molecule has 1 atom stereocenters. The highest BCUT2D eigenvalue weighted by Gasteiger charge is 2.21.